The molecule has 2 fully saturated rings. The van der Waals surface area contributed by atoms with Gasteiger partial charge < -0.3 is 4.90 Å². The SMILES string of the molecule is O=C(CCl)N1CC2(CCS(=O)(=O)CC2)C1. The largest absolute Gasteiger partial charge is 0.340 e. The smallest absolute Gasteiger partial charge is 0.237 e. The molecule has 2 saturated heterocycles. The number of halogens is 1. The molecule has 4 nitrogen and oxygen atoms in total. The maximum Gasteiger partial charge on any atom is 0.237 e. The monoisotopic (exact) mass is 251 g/mol. The lowest BCUT2D eigenvalue weighted by Gasteiger charge is -2.52. The number of nitrogens with zero attached hydrogens (tertiary/aromatic N) is 1. The molecule has 0 aromatic carbocycles. The Morgan fingerprint density at radius 2 is 1.80 bits per heavy atom. The molecule has 0 saturated carbocycles. The predicted molar refractivity (Wildman–Crippen MR) is 57.6 cm³/mol. The first-order chi connectivity index (χ1) is 6.96. The fourth-order valence-electron chi connectivity index (χ4n) is 2.31. The minimum atomic E-state index is -2.80. The minimum Gasteiger partial charge on any atom is -0.340 e. The van der Waals surface area contributed by atoms with Crippen LogP contribution in [0.1, 0.15) is 12.8 Å². The highest BCUT2D eigenvalue weighted by molar-refractivity contribution is 7.91. The third-order valence-electron chi connectivity index (χ3n) is 3.41. The van der Waals surface area contributed by atoms with Crippen molar-refractivity contribution in [2.24, 2.45) is 5.41 Å². The molecule has 6 heteroatoms. The zero-order valence-electron chi connectivity index (χ0n) is 8.41. The van der Waals surface area contributed by atoms with Crippen molar-refractivity contribution in [1.29, 1.82) is 0 Å². The van der Waals surface area contributed by atoms with E-state index in [1.807, 2.05) is 0 Å². The summed E-state index contributed by atoms with van der Waals surface area (Å²) in [5.74, 6) is 0.524. The van der Waals surface area contributed by atoms with E-state index in [-0.39, 0.29) is 28.7 Å². The molecule has 15 heavy (non-hydrogen) atoms. The normalized spacial score (nSPS) is 27.4. The lowest BCUT2D eigenvalue weighted by atomic mass is 9.75. The van der Waals surface area contributed by atoms with E-state index in [1.54, 1.807) is 4.90 Å². The van der Waals surface area contributed by atoms with Crippen molar-refractivity contribution in [3.05, 3.63) is 0 Å². The topological polar surface area (TPSA) is 54.5 Å². The van der Waals surface area contributed by atoms with E-state index in [1.165, 1.54) is 0 Å². The lowest BCUT2D eigenvalue weighted by molar-refractivity contribution is -0.141. The van der Waals surface area contributed by atoms with Crippen LogP contribution >= 0.6 is 11.6 Å². The van der Waals surface area contributed by atoms with Crippen LogP contribution in [0.5, 0.6) is 0 Å². The summed E-state index contributed by atoms with van der Waals surface area (Å²) in [7, 11) is -2.80. The van der Waals surface area contributed by atoms with Crippen LogP contribution < -0.4 is 0 Å². The van der Waals surface area contributed by atoms with Gasteiger partial charge in [-0.2, -0.15) is 0 Å². The number of alkyl halides is 1. The fourth-order valence-corrected chi connectivity index (χ4v) is 4.17. The average molecular weight is 252 g/mol. The molecule has 1 amide bonds. The van der Waals surface area contributed by atoms with Crippen LogP contribution in [0.3, 0.4) is 0 Å². The molecule has 0 N–H and O–H groups in total. The Morgan fingerprint density at radius 3 is 2.27 bits per heavy atom. The van der Waals surface area contributed by atoms with Crippen molar-refractivity contribution in [2.45, 2.75) is 12.8 Å². The summed E-state index contributed by atoms with van der Waals surface area (Å²) in [4.78, 5) is 12.9. The van der Waals surface area contributed by atoms with Gasteiger partial charge in [-0.15, -0.1) is 11.6 Å². The number of likely N-dealkylation sites (tertiary alicyclic amines) is 1. The molecule has 2 rings (SSSR count). The molecule has 86 valence electrons. The summed E-state index contributed by atoms with van der Waals surface area (Å²) in [5, 5.41) is 0. The van der Waals surface area contributed by atoms with Gasteiger partial charge >= 0.3 is 0 Å². The van der Waals surface area contributed by atoms with Crippen LogP contribution in [0.15, 0.2) is 0 Å². The molecule has 0 radical (unpaired) electrons. The molecule has 0 aromatic heterocycles. The average Bonchev–Trinajstić information content (AvgIpc) is 2.14. The van der Waals surface area contributed by atoms with Crippen LogP contribution in [-0.4, -0.2) is 49.7 Å². The van der Waals surface area contributed by atoms with E-state index in [0.29, 0.717) is 25.9 Å². The number of carbonyl (C=O) groups excluding carboxylic acids is 1. The van der Waals surface area contributed by atoms with Gasteiger partial charge in [-0.3, -0.25) is 4.79 Å². The Balaban J connectivity index is 1.91. The number of hydrogen-bond donors (Lipinski definition) is 0. The van der Waals surface area contributed by atoms with Gasteiger partial charge in [0.2, 0.25) is 5.91 Å². The van der Waals surface area contributed by atoms with E-state index < -0.39 is 9.84 Å². The first-order valence-corrected chi connectivity index (χ1v) is 7.36. The second-order valence-electron chi connectivity index (χ2n) is 4.54. The quantitative estimate of drug-likeness (QED) is 0.629. The Labute approximate surface area is 94.5 Å². The lowest BCUT2D eigenvalue weighted by Crippen LogP contribution is -2.61. The Hall–Kier alpha value is -0.290. The second-order valence-corrected chi connectivity index (χ2v) is 7.11. The summed E-state index contributed by atoms with van der Waals surface area (Å²) in [6, 6.07) is 0. The Morgan fingerprint density at radius 1 is 1.27 bits per heavy atom. The van der Waals surface area contributed by atoms with Crippen molar-refractivity contribution < 1.29 is 13.2 Å². The van der Waals surface area contributed by atoms with Crippen molar-refractivity contribution in [1.82, 2.24) is 4.90 Å². The molecule has 0 aliphatic carbocycles. The van der Waals surface area contributed by atoms with Crippen molar-refractivity contribution >= 4 is 27.3 Å². The van der Waals surface area contributed by atoms with Crippen LogP contribution in [-0.2, 0) is 14.6 Å². The van der Waals surface area contributed by atoms with Crippen LogP contribution in [0.4, 0.5) is 0 Å². The van der Waals surface area contributed by atoms with Gasteiger partial charge in [0.15, 0.2) is 0 Å². The first kappa shape index (κ1) is 11.2. The minimum absolute atomic E-state index is 0.0222. The highest BCUT2D eigenvalue weighted by Gasteiger charge is 2.47. The van der Waals surface area contributed by atoms with Gasteiger partial charge in [0, 0.05) is 18.5 Å². The number of rotatable bonds is 1. The fraction of sp³-hybridized carbons (Fsp3) is 0.889. The maximum atomic E-state index is 11.2. The molecule has 0 atom stereocenters. The number of hydrogen-bond acceptors (Lipinski definition) is 3. The second kappa shape index (κ2) is 3.63. The molecule has 0 aromatic rings. The number of sulfone groups is 1. The zero-order valence-corrected chi connectivity index (χ0v) is 9.98. The molecule has 2 heterocycles. The Bertz CT molecular complexity index is 357. The van der Waals surface area contributed by atoms with E-state index in [9.17, 15) is 13.2 Å². The molecule has 1 spiro atoms. The summed E-state index contributed by atoms with van der Waals surface area (Å²) in [6.07, 6.45) is 1.39. The summed E-state index contributed by atoms with van der Waals surface area (Å²) in [6.45, 7) is 1.38. The summed E-state index contributed by atoms with van der Waals surface area (Å²) in [5.41, 5.74) is 0.0764. The van der Waals surface area contributed by atoms with Crippen molar-refractivity contribution in [3.8, 4) is 0 Å². The molecule has 0 bridgehead atoms. The number of amides is 1. The van der Waals surface area contributed by atoms with E-state index >= 15 is 0 Å². The van der Waals surface area contributed by atoms with Crippen LogP contribution in [0.25, 0.3) is 0 Å². The van der Waals surface area contributed by atoms with Gasteiger partial charge in [-0.05, 0) is 12.8 Å². The van der Waals surface area contributed by atoms with Crippen molar-refractivity contribution in [3.63, 3.8) is 0 Å². The molecule has 2 aliphatic heterocycles. The highest BCUT2D eigenvalue weighted by atomic mass is 35.5. The number of carbonyl (C=O) groups is 1. The van der Waals surface area contributed by atoms with Gasteiger partial charge in [0.25, 0.3) is 0 Å². The van der Waals surface area contributed by atoms with Gasteiger partial charge in [0.1, 0.15) is 15.7 Å². The zero-order chi connectivity index (χ0) is 11.1. The standard InChI is InChI=1S/C9H14ClNO3S/c10-5-8(12)11-6-9(7-11)1-3-15(13,14)4-2-9/h1-7H2. The maximum absolute atomic E-state index is 11.2. The van der Waals surface area contributed by atoms with E-state index in [0.717, 1.165) is 0 Å². The van der Waals surface area contributed by atoms with Crippen LogP contribution in [0.2, 0.25) is 0 Å². The molecule has 2 aliphatic rings. The van der Waals surface area contributed by atoms with E-state index in [4.69, 9.17) is 11.6 Å². The van der Waals surface area contributed by atoms with Gasteiger partial charge in [-0.25, -0.2) is 8.42 Å². The highest BCUT2D eigenvalue weighted by Crippen LogP contribution is 2.41. The molecular formula is C9H14ClNO3S. The van der Waals surface area contributed by atoms with Gasteiger partial charge in [0.05, 0.1) is 11.5 Å². The third-order valence-corrected chi connectivity index (χ3v) is 5.29. The summed E-state index contributed by atoms with van der Waals surface area (Å²) < 4.78 is 22.5. The van der Waals surface area contributed by atoms with E-state index in [2.05, 4.69) is 0 Å². The summed E-state index contributed by atoms with van der Waals surface area (Å²) >= 11 is 5.45. The third kappa shape index (κ3) is 2.13. The van der Waals surface area contributed by atoms with Crippen molar-refractivity contribution in [2.75, 3.05) is 30.5 Å². The molecular weight excluding hydrogens is 238 g/mol. The van der Waals surface area contributed by atoms with Crippen LogP contribution in [0, 0.1) is 5.41 Å². The predicted octanol–water partition coefficient (Wildman–Crippen LogP) is 0.262. The first-order valence-electron chi connectivity index (χ1n) is 5.01. The van der Waals surface area contributed by atoms with Gasteiger partial charge in [-0.1, -0.05) is 0 Å². The Kier molecular flexibility index (Phi) is 2.71. The molecule has 0 unspecified atom stereocenters.